The Morgan fingerprint density at radius 2 is 1.68 bits per heavy atom. The molecule has 1 heterocycles. The number of aromatic nitrogens is 1. The molecule has 0 fully saturated rings. The number of benzene rings is 3. The average Bonchev–Trinajstić information content (AvgIpc) is 2.82. The van der Waals surface area contributed by atoms with Gasteiger partial charge in [-0.25, -0.2) is 13.6 Å². The Bertz CT molecular complexity index is 1470. The van der Waals surface area contributed by atoms with Crippen molar-refractivity contribution < 1.29 is 18.3 Å². The number of nitrogens with zero attached hydrogens (tertiary/aromatic N) is 1. The zero-order valence-corrected chi connectivity index (χ0v) is 19.5. The second-order valence-corrected chi connectivity index (χ2v) is 9.66. The maximum atomic E-state index is 13.0. The zero-order chi connectivity index (χ0) is 24.3. The smallest absolute Gasteiger partial charge is 0.251 e. The molecule has 0 aliphatic rings. The van der Waals surface area contributed by atoms with E-state index in [1.54, 1.807) is 18.2 Å². The van der Waals surface area contributed by atoms with Crippen LogP contribution < -0.4 is 10.5 Å². The van der Waals surface area contributed by atoms with Crippen molar-refractivity contribution >= 4 is 26.8 Å². The standard InChI is InChI=1S/C26H25N3O4S/c1-17-13-21(16-30)23-8-4-6-20(25(23)29-17)14-19-5-2-3-7-24(19)26(31)28-15-18-9-11-22(12-10-18)34(27,32)33/h2-13,30H,14-16H2,1H3,(H,28,31)(H2,27,32,33). The van der Waals surface area contributed by atoms with E-state index in [1.807, 2.05) is 49.4 Å². The largest absolute Gasteiger partial charge is 0.392 e. The fourth-order valence-electron chi connectivity index (χ4n) is 3.97. The molecule has 3 aromatic carbocycles. The molecule has 0 saturated heterocycles. The van der Waals surface area contributed by atoms with Crippen LogP contribution in [0.2, 0.25) is 0 Å². The molecule has 0 atom stereocenters. The van der Waals surface area contributed by atoms with E-state index in [0.717, 1.165) is 38.9 Å². The summed E-state index contributed by atoms with van der Waals surface area (Å²) in [5.41, 5.74) is 5.59. The number of aliphatic hydroxyl groups excluding tert-OH is 1. The van der Waals surface area contributed by atoms with Crippen LogP contribution in [0.25, 0.3) is 10.9 Å². The van der Waals surface area contributed by atoms with Crippen LogP contribution in [0.4, 0.5) is 0 Å². The molecule has 0 unspecified atom stereocenters. The highest BCUT2D eigenvalue weighted by Crippen LogP contribution is 2.25. The van der Waals surface area contributed by atoms with E-state index < -0.39 is 10.0 Å². The molecule has 0 spiro atoms. The summed E-state index contributed by atoms with van der Waals surface area (Å²) in [6, 6.07) is 21.2. The molecule has 174 valence electrons. The van der Waals surface area contributed by atoms with Crippen molar-refractivity contribution in [2.24, 2.45) is 5.14 Å². The highest BCUT2D eigenvalue weighted by molar-refractivity contribution is 7.89. The summed E-state index contributed by atoms with van der Waals surface area (Å²) in [5.74, 6) is -0.230. The second-order valence-electron chi connectivity index (χ2n) is 8.10. The van der Waals surface area contributed by atoms with E-state index in [-0.39, 0.29) is 24.0 Å². The number of para-hydroxylation sites is 1. The maximum Gasteiger partial charge on any atom is 0.251 e. The van der Waals surface area contributed by atoms with E-state index in [1.165, 1.54) is 12.1 Å². The van der Waals surface area contributed by atoms with Crippen LogP contribution >= 0.6 is 0 Å². The molecule has 1 aromatic heterocycles. The monoisotopic (exact) mass is 475 g/mol. The number of sulfonamides is 1. The van der Waals surface area contributed by atoms with Gasteiger partial charge in [0.2, 0.25) is 10.0 Å². The average molecular weight is 476 g/mol. The van der Waals surface area contributed by atoms with Gasteiger partial charge in [0, 0.05) is 29.6 Å². The van der Waals surface area contributed by atoms with Crippen LogP contribution in [0.3, 0.4) is 0 Å². The minimum absolute atomic E-state index is 0.0243. The van der Waals surface area contributed by atoms with Crippen molar-refractivity contribution in [2.75, 3.05) is 0 Å². The molecule has 1 amide bonds. The lowest BCUT2D eigenvalue weighted by molar-refractivity contribution is 0.0950. The molecular formula is C26H25N3O4S. The van der Waals surface area contributed by atoms with Crippen molar-refractivity contribution in [1.82, 2.24) is 10.3 Å². The van der Waals surface area contributed by atoms with Crippen LogP contribution in [0.1, 0.15) is 38.3 Å². The predicted octanol–water partition coefficient (Wildman–Crippen LogP) is 3.20. The number of rotatable bonds is 7. The number of pyridine rings is 1. The number of carbonyl (C=O) groups excluding carboxylic acids is 1. The number of hydrogen-bond acceptors (Lipinski definition) is 5. The SMILES string of the molecule is Cc1cc(CO)c2cccc(Cc3ccccc3C(=O)NCc3ccc(S(N)(=O)=O)cc3)c2n1. The van der Waals surface area contributed by atoms with Crippen LogP contribution in [0.5, 0.6) is 0 Å². The molecule has 34 heavy (non-hydrogen) atoms. The van der Waals surface area contributed by atoms with Crippen molar-refractivity contribution in [3.63, 3.8) is 0 Å². The van der Waals surface area contributed by atoms with E-state index in [9.17, 15) is 18.3 Å². The van der Waals surface area contributed by atoms with Gasteiger partial charge in [-0.2, -0.15) is 0 Å². The summed E-state index contributed by atoms with van der Waals surface area (Å²) in [6.07, 6.45) is 0.505. The molecular weight excluding hydrogens is 450 g/mol. The lowest BCUT2D eigenvalue weighted by atomic mass is 9.96. The van der Waals surface area contributed by atoms with Crippen LogP contribution in [0.15, 0.2) is 77.7 Å². The fourth-order valence-corrected chi connectivity index (χ4v) is 4.49. The van der Waals surface area contributed by atoms with Crippen molar-refractivity contribution in [1.29, 1.82) is 0 Å². The number of nitrogens with one attached hydrogen (secondary N) is 1. The van der Waals surface area contributed by atoms with Gasteiger partial charge in [-0.05, 0) is 53.4 Å². The van der Waals surface area contributed by atoms with E-state index in [2.05, 4.69) is 5.32 Å². The summed E-state index contributed by atoms with van der Waals surface area (Å²) < 4.78 is 22.8. The molecule has 0 saturated carbocycles. The third-order valence-corrected chi connectivity index (χ3v) is 6.58. The van der Waals surface area contributed by atoms with Gasteiger partial charge in [-0.15, -0.1) is 0 Å². The Hall–Kier alpha value is -3.59. The highest BCUT2D eigenvalue weighted by atomic mass is 32.2. The minimum Gasteiger partial charge on any atom is -0.392 e. The first-order valence-electron chi connectivity index (χ1n) is 10.7. The van der Waals surface area contributed by atoms with E-state index in [4.69, 9.17) is 10.1 Å². The number of aryl methyl sites for hydroxylation is 1. The van der Waals surface area contributed by atoms with Crippen LogP contribution in [0, 0.1) is 6.92 Å². The Labute approximate surface area is 198 Å². The number of carbonyl (C=O) groups is 1. The quantitative estimate of drug-likeness (QED) is 0.379. The molecule has 0 aliphatic carbocycles. The first-order valence-corrected chi connectivity index (χ1v) is 12.3. The molecule has 8 heteroatoms. The molecule has 4 N–H and O–H groups in total. The molecule has 0 bridgehead atoms. The first kappa shape index (κ1) is 23.6. The summed E-state index contributed by atoms with van der Waals surface area (Å²) in [5, 5.41) is 18.7. The van der Waals surface area contributed by atoms with Gasteiger partial charge in [0.1, 0.15) is 0 Å². The minimum atomic E-state index is -3.76. The summed E-state index contributed by atoms with van der Waals surface area (Å²) in [6.45, 7) is 2.07. The molecule has 4 aromatic rings. The third-order valence-electron chi connectivity index (χ3n) is 5.66. The predicted molar refractivity (Wildman–Crippen MR) is 131 cm³/mol. The Morgan fingerprint density at radius 1 is 0.971 bits per heavy atom. The van der Waals surface area contributed by atoms with Crippen LogP contribution in [-0.2, 0) is 29.6 Å². The topological polar surface area (TPSA) is 122 Å². The Morgan fingerprint density at radius 3 is 2.38 bits per heavy atom. The number of amides is 1. The zero-order valence-electron chi connectivity index (χ0n) is 18.7. The lowest BCUT2D eigenvalue weighted by Gasteiger charge is -2.13. The summed E-state index contributed by atoms with van der Waals surface area (Å²) >= 11 is 0. The molecule has 4 rings (SSSR count). The van der Waals surface area contributed by atoms with E-state index in [0.29, 0.717) is 12.0 Å². The van der Waals surface area contributed by atoms with Gasteiger partial charge in [0.05, 0.1) is 17.0 Å². The van der Waals surface area contributed by atoms with Gasteiger partial charge >= 0.3 is 0 Å². The van der Waals surface area contributed by atoms with Gasteiger partial charge in [-0.1, -0.05) is 48.5 Å². The highest BCUT2D eigenvalue weighted by Gasteiger charge is 2.14. The summed E-state index contributed by atoms with van der Waals surface area (Å²) in [7, 11) is -3.76. The molecule has 0 aliphatic heterocycles. The van der Waals surface area contributed by atoms with Gasteiger partial charge < -0.3 is 10.4 Å². The van der Waals surface area contributed by atoms with Crippen molar-refractivity contribution in [3.8, 4) is 0 Å². The number of fused-ring (bicyclic) bond motifs is 1. The number of hydrogen-bond donors (Lipinski definition) is 3. The first-order chi connectivity index (χ1) is 16.3. The lowest BCUT2D eigenvalue weighted by Crippen LogP contribution is -2.24. The molecule has 7 nitrogen and oxygen atoms in total. The second kappa shape index (κ2) is 9.72. The Balaban J connectivity index is 1.57. The number of nitrogens with two attached hydrogens (primary N) is 1. The number of primary sulfonamides is 1. The molecule has 0 radical (unpaired) electrons. The number of aliphatic hydroxyl groups is 1. The Kier molecular flexibility index (Phi) is 6.74. The van der Waals surface area contributed by atoms with Gasteiger partial charge in [0.25, 0.3) is 5.91 Å². The van der Waals surface area contributed by atoms with Crippen LogP contribution in [-0.4, -0.2) is 24.4 Å². The fraction of sp³-hybridized carbons (Fsp3) is 0.154. The van der Waals surface area contributed by atoms with Gasteiger partial charge in [0.15, 0.2) is 0 Å². The normalized spacial score (nSPS) is 11.5. The maximum absolute atomic E-state index is 13.0. The van der Waals surface area contributed by atoms with Crippen molar-refractivity contribution in [3.05, 3.63) is 106 Å². The van der Waals surface area contributed by atoms with Gasteiger partial charge in [-0.3, -0.25) is 9.78 Å². The third kappa shape index (κ3) is 5.14. The van der Waals surface area contributed by atoms with E-state index >= 15 is 0 Å². The summed E-state index contributed by atoms with van der Waals surface area (Å²) in [4.78, 5) is 17.7. The van der Waals surface area contributed by atoms with Crippen molar-refractivity contribution in [2.45, 2.75) is 31.4 Å².